The van der Waals surface area contributed by atoms with Gasteiger partial charge in [0, 0.05) is 19.3 Å². The molecule has 4 aromatic rings. The second-order valence-electron chi connectivity index (χ2n) is 7.71. The number of aromatic amines is 1. The topological polar surface area (TPSA) is 133 Å². The first-order chi connectivity index (χ1) is 16.7. The Bertz CT molecular complexity index is 1330. The molecule has 1 aromatic carbocycles. The van der Waals surface area contributed by atoms with Gasteiger partial charge in [0.25, 0.3) is 5.91 Å². The van der Waals surface area contributed by atoms with Crippen molar-refractivity contribution in [3.05, 3.63) is 65.6 Å². The van der Waals surface area contributed by atoms with Crippen LogP contribution in [0.2, 0.25) is 0 Å². The molecule has 1 aliphatic heterocycles. The van der Waals surface area contributed by atoms with Crippen LogP contribution in [0.1, 0.15) is 21.7 Å². The highest BCUT2D eigenvalue weighted by Crippen LogP contribution is 2.25. The number of morpholine rings is 1. The van der Waals surface area contributed by atoms with Crippen molar-refractivity contribution in [1.82, 2.24) is 24.9 Å². The summed E-state index contributed by atoms with van der Waals surface area (Å²) < 4.78 is 5.48. The number of nitrogens with zero attached hydrogens (tertiary/aromatic N) is 6. The lowest BCUT2D eigenvalue weighted by Gasteiger charge is -2.28. The van der Waals surface area contributed by atoms with Crippen LogP contribution in [-0.4, -0.2) is 63.3 Å². The number of imidazole rings is 1. The number of carbonyl (C=O) groups excluding carboxylic acids is 1. The summed E-state index contributed by atoms with van der Waals surface area (Å²) in [6.45, 7) is 4.51. The quantitative estimate of drug-likeness (QED) is 0.297. The molecule has 3 aromatic heterocycles. The number of benzene rings is 1. The van der Waals surface area contributed by atoms with Crippen LogP contribution in [0.3, 0.4) is 0 Å². The maximum atomic E-state index is 12.7. The molecule has 0 atom stereocenters. The molecule has 0 saturated carbocycles. The monoisotopic (exact) mass is 457 g/mol. The van der Waals surface area contributed by atoms with Gasteiger partial charge in [-0.25, -0.2) is 15.4 Å². The van der Waals surface area contributed by atoms with Gasteiger partial charge in [0.15, 0.2) is 17.3 Å². The predicted molar refractivity (Wildman–Crippen MR) is 129 cm³/mol. The third-order valence-electron chi connectivity index (χ3n) is 5.18. The summed E-state index contributed by atoms with van der Waals surface area (Å²) in [7, 11) is 0. The van der Waals surface area contributed by atoms with Crippen molar-refractivity contribution < 1.29 is 9.53 Å². The third-order valence-corrected chi connectivity index (χ3v) is 5.18. The number of hydrogen-bond donors (Lipinski definition) is 3. The van der Waals surface area contributed by atoms with Gasteiger partial charge in [0.05, 0.1) is 19.4 Å². The highest BCUT2D eigenvalue weighted by molar-refractivity contribution is 6.03. The van der Waals surface area contributed by atoms with Gasteiger partial charge in [0.2, 0.25) is 5.95 Å². The number of pyridine rings is 1. The Morgan fingerprint density at radius 3 is 2.82 bits per heavy atom. The minimum atomic E-state index is -0.420. The predicted octanol–water partition coefficient (Wildman–Crippen LogP) is 2.59. The van der Waals surface area contributed by atoms with Crippen LogP contribution < -0.4 is 15.6 Å². The van der Waals surface area contributed by atoms with Crippen molar-refractivity contribution in [2.24, 2.45) is 5.10 Å². The minimum Gasteiger partial charge on any atom is -0.378 e. The van der Waals surface area contributed by atoms with Crippen LogP contribution >= 0.6 is 0 Å². The smallest absolute Gasteiger partial charge is 0.292 e. The van der Waals surface area contributed by atoms with E-state index in [4.69, 9.17) is 4.74 Å². The number of hydrazone groups is 1. The van der Waals surface area contributed by atoms with Crippen LogP contribution in [0.15, 0.2) is 53.8 Å². The zero-order chi connectivity index (χ0) is 23.3. The lowest BCUT2D eigenvalue weighted by Crippen LogP contribution is -2.37. The largest absolute Gasteiger partial charge is 0.378 e. The fourth-order valence-electron chi connectivity index (χ4n) is 3.57. The number of ether oxygens (including phenoxy) is 1. The number of anilines is 3. The molecule has 4 heterocycles. The molecule has 3 N–H and O–H groups in total. The molecule has 0 bridgehead atoms. The van der Waals surface area contributed by atoms with E-state index in [9.17, 15) is 4.79 Å². The van der Waals surface area contributed by atoms with Gasteiger partial charge in [-0.05, 0) is 24.6 Å². The van der Waals surface area contributed by atoms with E-state index in [1.54, 1.807) is 30.6 Å². The lowest BCUT2D eigenvalue weighted by atomic mass is 10.2. The molecule has 11 heteroatoms. The summed E-state index contributed by atoms with van der Waals surface area (Å²) in [6, 6.07) is 13.2. The Balaban J connectivity index is 1.45. The fraction of sp³-hybridized carbons (Fsp3) is 0.217. The van der Waals surface area contributed by atoms with Gasteiger partial charge in [0.1, 0.15) is 11.3 Å². The van der Waals surface area contributed by atoms with Gasteiger partial charge in [-0.15, -0.1) is 0 Å². The summed E-state index contributed by atoms with van der Waals surface area (Å²) in [6.07, 6.45) is 3.30. The highest BCUT2D eigenvalue weighted by atomic mass is 16.5. The summed E-state index contributed by atoms with van der Waals surface area (Å²) in [5, 5.41) is 7.00. The first-order valence-corrected chi connectivity index (χ1v) is 10.8. The van der Waals surface area contributed by atoms with E-state index in [0.717, 1.165) is 11.1 Å². The minimum absolute atomic E-state index is 0.116. The molecule has 172 valence electrons. The van der Waals surface area contributed by atoms with E-state index < -0.39 is 5.91 Å². The molecule has 34 heavy (non-hydrogen) atoms. The van der Waals surface area contributed by atoms with Crippen molar-refractivity contribution in [3.8, 4) is 0 Å². The Kier molecular flexibility index (Phi) is 6.08. The number of carbonyl (C=O) groups is 1. The first-order valence-electron chi connectivity index (χ1n) is 10.8. The molecule has 0 spiro atoms. The van der Waals surface area contributed by atoms with Crippen LogP contribution in [0.5, 0.6) is 0 Å². The standard InChI is InChI=1S/C23H23N9O2/c1-15-5-4-6-16(13-15)14-25-31-23-29-19-18(21(30-23)32-9-11-34-12-10-32)27-20(28-19)22(33)26-17-7-2-3-8-24-17/h2-8,13-14H,9-12H2,1H3,(H,24,26,33)(H2,27,28,29,30,31)/b25-14+. The maximum absolute atomic E-state index is 12.7. The van der Waals surface area contributed by atoms with E-state index in [1.165, 1.54) is 0 Å². The summed E-state index contributed by atoms with van der Waals surface area (Å²) in [5.74, 6) is 1.04. The Morgan fingerprint density at radius 2 is 2.03 bits per heavy atom. The number of aryl methyl sites for hydroxylation is 1. The second kappa shape index (κ2) is 9.63. The second-order valence-corrected chi connectivity index (χ2v) is 7.71. The molecule has 1 amide bonds. The molecule has 5 rings (SSSR count). The van der Waals surface area contributed by atoms with Crippen LogP contribution in [0, 0.1) is 6.92 Å². The van der Waals surface area contributed by atoms with Crippen LogP contribution in [0.25, 0.3) is 11.2 Å². The highest BCUT2D eigenvalue weighted by Gasteiger charge is 2.22. The number of rotatable bonds is 6. The van der Waals surface area contributed by atoms with Crippen molar-refractivity contribution in [1.29, 1.82) is 0 Å². The molecule has 0 aliphatic carbocycles. The number of fused-ring (bicyclic) bond motifs is 1. The molecule has 1 fully saturated rings. The number of H-pyrrole nitrogens is 1. The number of amides is 1. The summed E-state index contributed by atoms with van der Waals surface area (Å²) in [5.41, 5.74) is 5.91. The van der Waals surface area contributed by atoms with Gasteiger partial charge in [-0.3, -0.25) is 4.79 Å². The van der Waals surface area contributed by atoms with Crippen molar-refractivity contribution in [2.45, 2.75) is 6.92 Å². The Hall–Kier alpha value is -4.38. The molecular weight excluding hydrogens is 434 g/mol. The van der Waals surface area contributed by atoms with Gasteiger partial charge < -0.3 is 19.9 Å². The van der Waals surface area contributed by atoms with Gasteiger partial charge >= 0.3 is 0 Å². The van der Waals surface area contributed by atoms with E-state index in [-0.39, 0.29) is 11.8 Å². The summed E-state index contributed by atoms with van der Waals surface area (Å²) >= 11 is 0. The maximum Gasteiger partial charge on any atom is 0.292 e. The fourth-order valence-corrected chi connectivity index (χ4v) is 3.57. The number of nitrogens with one attached hydrogen (secondary N) is 3. The molecular formula is C23H23N9O2. The van der Waals surface area contributed by atoms with E-state index in [2.05, 4.69) is 45.7 Å². The Morgan fingerprint density at radius 1 is 1.15 bits per heavy atom. The molecule has 1 aliphatic rings. The zero-order valence-electron chi connectivity index (χ0n) is 18.5. The number of aromatic nitrogens is 5. The Labute approximate surface area is 195 Å². The molecule has 0 radical (unpaired) electrons. The van der Waals surface area contributed by atoms with Gasteiger partial charge in [-0.2, -0.15) is 15.1 Å². The van der Waals surface area contributed by atoms with Gasteiger partial charge in [-0.1, -0.05) is 35.9 Å². The van der Waals surface area contributed by atoms with E-state index in [0.29, 0.717) is 49.1 Å². The van der Waals surface area contributed by atoms with Crippen molar-refractivity contribution in [3.63, 3.8) is 0 Å². The third kappa shape index (κ3) is 4.84. The molecule has 0 unspecified atom stereocenters. The van der Waals surface area contributed by atoms with Crippen molar-refractivity contribution >= 4 is 40.9 Å². The zero-order valence-corrected chi connectivity index (χ0v) is 18.5. The summed E-state index contributed by atoms with van der Waals surface area (Å²) in [4.78, 5) is 35.5. The van der Waals surface area contributed by atoms with E-state index in [1.807, 2.05) is 31.2 Å². The van der Waals surface area contributed by atoms with E-state index >= 15 is 0 Å². The molecule has 1 saturated heterocycles. The first kappa shape index (κ1) is 21.5. The normalized spacial score (nSPS) is 14.0. The van der Waals surface area contributed by atoms with Crippen molar-refractivity contribution in [2.75, 3.05) is 41.9 Å². The van der Waals surface area contributed by atoms with Crippen LogP contribution in [-0.2, 0) is 4.74 Å². The average molecular weight is 457 g/mol. The molecule has 11 nitrogen and oxygen atoms in total. The SMILES string of the molecule is Cc1cccc(/C=N/Nc2nc(N3CCOCC3)c3[nH]c(C(=O)Nc4ccccn4)nc3n2)c1. The lowest BCUT2D eigenvalue weighted by molar-refractivity contribution is 0.101. The average Bonchev–Trinajstić information content (AvgIpc) is 3.29. The number of hydrogen-bond acceptors (Lipinski definition) is 9. The van der Waals surface area contributed by atoms with Crippen LogP contribution in [0.4, 0.5) is 17.6 Å².